The lowest BCUT2D eigenvalue weighted by Gasteiger charge is -2.17. The highest BCUT2D eigenvalue weighted by Crippen LogP contribution is 2.32. The van der Waals surface area contributed by atoms with Crippen LogP contribution in [0.15, 0.2) is 18.2 Å². The standard InChI is InChI=1S/C18H29NO3/c1-3-21-18-13-15(14-19-11-6-12-20-2)9-10-17(18)22-16-7-4-5-8-16/h9-10,13,16,19H,3-8,11-12,14H2,1-2H3. The molecule has 0 atom stereocenters. The molecule has 0 aromatic heterocycles. The average molecular weight is 307 g/mol. The first-order valence-electron chi connectivity index (χ1n) is 8.45. The quantitative estimate of drug-likeness (QED) is 0.671. The topological polar surface area (TPSA) is 39.7 Å². The Morgan fingerprint density at radius 2 is 2.00 bits per heavy atom. The molecular weight excluding hydrogens is 278 g/mol. The van der Waals surface area contributed by atoms with E-state index in [1.54, 1.807) is 7.11 Å². The van der Waals surface area contributed by atoms with Gasteiger partial charge in [-0.15, -0.1) is 0 Å². The van der Waals surface area contributed by atoms with Gasteiger partial charge in [-0.2, -0.15) is 0 Å². The van der Waals surface area contributed by atoms with Crippen LogP contribution < -0.4 is 14.8 Å². The van der Waals surface area contributed by atoms with Crippen LogP contribution in [-0.4, -0.2) is 33.0 Å². The van der Waals surface area contributed by atoms with Gasteiger partial charge in [0.2, 0.25) is 0 Å². The van der Waals surface area contributed by atoms with Gasteiger partial charge in [0.25, 0.3) is 0 Å². The molecule has 0 aliphatic heterocycles. The summed E-state index contributed by atoms with van der Waals surface area (Å²) in [7, 11) is 1.73. The van der Waals surface area contributed by atoms with Gasteiger partial charge in [-0.25, -0.2) is 0 Å². The fourth-order valence-electron chi connectivity index (χ4n) is 2.79. The first-order valence-corrected chi connectivity index (χ1v) is 8.45. The van der Waals surface area contributed by atoms with Crippen molar-refractivity contribution in [2.45, 2.75) is 51.7 Å². The molecule has 1 N–H and O–H groups in total. The Hall–Kier alpha value is -1.26. The summed E-state index contributed by atoms with van der Waals surface area (Å²) in [6, 6.07) is 6.27. The van der Waals surface area contributed by atoms with Crippen molar-refractivity contribution in [1.82, 2.24) is 5.32 Å². The molecule has 1 aliphatic carbocycles. The predicted octanol–water partition coefficient (Wildman–Crippen LogP) is 3.53. The third-order valence-corrected chi connectivity index (χ3v) is 3.93. The van der Waals surface area contributed by atoms with Crippen LogP contribution in [0.3, 0.4) is 0 Å². The van der Waals surface area contributed by atoms with Crippen LogP contribution in [0.25, 0.3) is 0 Å². The van der Waals surface area contributed by atoms with E-state index in [2.05, 4.69) is 23.5 Å². The Kier molecular flexibility index (Phi) is 7.54. The maximum Gasteiger partial charge on any atom is 0.161 e. The Morgan fingerprint density at radius 3 is 2.73 bits per heavy atom. The lowest BCUT2D eigenvalue weighted by molar-refractivity contribution is 0.194. The Labute approximate surface area is 134 Å². The van der Waals surface area contributed by atoms with Gasteiger partial charge < -0.3 is 19.5 Å². The molecule has 1 aromatic carbocycles. The minimum Gasteiger partial charge on any atom is -0.490 e. The van der Waals surface area contributed by atoms with E-state index >= 15 is 0 Å². The van der Waals surface area contributed by atoms with Crippen LogP contribution >= 0.6 is 0 Å². The summed E-state index contributed by atoms with van der Waals surface area (Å²) in [5.41, 5.74) is 1.22. The number of hydrogen-bond acceptors (Lipinski definition) is 4. The predicted molar refractivity (Wildman–Crippen MR) is 88.7 cm³/mol. The van der Waals surface area contributed by atoms with Gasteiger partial charge >= 0.3 is 0 Å². The van der Waals surface area contributed by atoms with E-state index in [1.165, 1.54) is 18.4 Å². The average Bonchev–Trinajstić information content (AvgIpc) is 3.03. The SMILES string of the molecule is CCOc1cc(CNCCCOC)ccc1OC1CCCC1. The zero-order valence-corrected chi connectivity index (χ0v) is 13.9. The van der Waals surface area contributed by atoms with E-state index in [0.717, 1.165) is 50.5 Å². The fraction of sp³-hybridized carbons (Fsp3) is 0.667. The lowest BCUT2D eigenvalue weighted by Crippen LogP contribution is -2.16. The van der Waals surface area contributed by atoms with E-state index in [0.29, 0.717) is 12.7 Å². The number of benzene rings is 1. The van der Waals surface area contributed by atoms with Crippen LogP contribution in [0.5, 0.6) is 11.5 Å². The van der Waals surface area contributed by atoms with Crippen LogP contribution in [0, 0.1) is 0 Å². The van der Waals surface area contributed by atoms with Crippen molar-refractivity contribution in [2.24, 2.45) is 0 Å². The second-order valence-electron chi connectivity index (χ2n) is 5.76. The normalized spacial score (nSPS) is 15.2. The van der Waals surface area contributed by atoms with Gasteiger partial charge in [0, 0.05) is 20.3 Å². The highest BCUT2D eigenvalue weighted by Gasteiger charge is 2.18. The number of nitrogens with one attached hydrogen (secondary N) is 1. The van der Waals surface area contributed by atoms with Gasteiger partial charge in [-0.05, 0) is 63.3 Å². The molecule has 0 spiro atoms. The fourth-order valence-corrected chi connectivity index (χ4v) is 2.79. The van der Waals surface area contributed by atoms with Gasteiger partial charge in [0.1, 0.15) is 0 Å². The molecule has 1 saturated carbocycles. The molecule has 1 aliphatic rings. The first-order chi connectivity index (χ1) is 10.8. The minimum atomic E-state index is 0.359. The van der Waals surface area contributed by atoms with Crippen LogP contribution in [0.1, 0.15) is 44.6 Å². The number of hydrogen-bond donors (Lipinski definition) is 1. The summed E-state index contributed by atoms with van der Waals surface area (Å²) in [6.07, 6.45) is 6.26. The Balaban J connectivity index is 1.90. The molecule has 0 bridgehead atoms. The largest absolute Gasteiger partial charge is 0.490 e. The van der Waals surface area contributed by atoms with Crippen LogP contribution in [-0.2, 0) is 11.3 Å². The number of rotatable bonds is 10. The molecule has 124 valence electrons. The highest BCUT2D eigenvalue weighted by molar-refractivity contribution is 5.43. The molecule has 0 radical (unpaired) electrons. The first kappa shape index (κ1) is 17.1. The third-order valence-electron chi connectivity index (χ3n) is 3.93. The summed E-state index contributed by atoms with van der Waals surface area (Å²) in [4.78, 5) is 0. The summed E-state index contributed by atoms with van der Waals surface area (Å²) in [5.74, 6) is 1.75. The maximum atomic E-state index is 6.11. The van der Waals surface area contributed by atoms with E-state index < -0.39 is 0 Å². The van der Waals surface area contributed by atoms with E-state index in [4.69, 9.17) is 14.2 Å². The van der Waals surface area contributed by atoms with Crippen molar-refractivity contribution < 1.29 is 14.2 Å². The van der Waals surface area contributed by atoms with Gasteiger partial charge in [-0.1, -0.05) is 6.07 Å². The summed E-state index contributed by atoms with van der Waals surface area (Å²) < 4.78 is 16.9. The zero-order valence-electron chi connectivity index (χ0n) is 13.9. The number of ether oxygens (including phenoxy) is 3. The molecule has 0 heterocycles. The Morgan fingerprint density at radius 1 is 1.18 bits per heavy atom. The van der Waals surface area contributed by atoms with Crippen molar-refractivity contribution in [3.05, 3.63) is 23.8 Å². The van der Waals surface area contributed by atoms with Crippen molar-refractivity contribution in [3.8, 4) is 11.5 Å². The van der Waals surface area contributed by atoms with Gasteiger partial charge in [0.15, 0.2) is 11.5 Å². The van der Waals surface area contributed by atoms with Crippen LogP contribution in [0.4, 0.5) is 0 Å². The minimum absolute atomic E-state index is 0.359. The molecule has 2 rings (SSSR count). The zero-order chi connectivity index (χ0) is 15.6. The molecule has 1 aromatic rings. The molecule has 0 amide bonds. The maximum absolute atomic E-state index is 6.11. The molecule has 0 saturated heterocycles. The Bertz CT molecular complexity index is 430. The summed E-state index contributed by atoms with van der Waals surface area (Å²) >= 11 is 0. The molecule has 1 fully saturated rings. The van der Waals surface area contributed by atoms with Crippen molar-refractivity contribution in [3.63, 3.8) is 0 Å². The van der Waals surface area contributed by atoms with Gasteiger partial charge in [-0.3, -0.25) is 0 Å². The van der Waals surface area contributed by atoms with Crippen molar-refractivity contribution >= 4 is 0 Å². The van der Waals surface area contributed by atoms with E-state index in [9.17, 15) is 0 Å². The molecule has 4 nitrogen and oxygen atoms in total. The van der Waals surface area contributed by atoms with Crippen molar-refractivity contribution in [1.29, 1.82) is 0 Å². The monoisotopic (exact) mass is 307 g/mol. The van der Waals surface area contributed by atoms with E-state index in [1.807, 2.05) is 6.92 Å². The number of methoxy groups -OCH3 is 1. The lowest BCUT2D eigenvalue weighted by atomic mass is 10.2. The van der Waals surface area contributed by atoms with Crippen LogP contribution in [0.2, 0.25) is 0 Å². The van der Waals surface area contributed by atoms with E-state index in [-0.39, 0.29) is 0 Å². The molecular formula is C18H29NO3. The van der Waals surface area contributed by atoms with Gasteiger partial charge in [0.05, 0.1) is 12.7 Å². The smallest absolute Gasteiger partial charge is 0.161 e. The molecule has 4 heteroatoms. The molecule has 22 heavy (non-hydrogen) atoms. The second-order valence-corrected chi connectivity index (χ2v) is 5.76. The third kappa shape index (κ3) is 5.50. The van der Waals surface area contributed by atoms with Crippen molar-refractivity contribution in [2.75, 3.05) is 26.9 Å². The summed E-state index contributed by atoms with van der Waals surface area (Å²) in [5, 5.41) is 3.42. The second kappa shape index (κ2) is 9.70. The highest BCUT2D eigenvalue weighted by atomic mass is 16.5. The summed E-state index contributed by atoms with van der Waals surface area (Å²) in [6.45, 7) is 5.26. The molecule has 0 unspecified atom stereocenters.